The minimum absolute atomic E-state index is 0.105. The van der Waals surface area contributed by atoms with E-state index in [1.165, 1.54) is 17.4 Å². The van der Waals surface area contributed by atoms with E-state index < -0.39 is 0 Å². The molecule has 1 N–H and O–H groups in total. The number of hydrogen-bond acceptors (Lipinski definition) is 5. The van der Waals surface area contributed by atoms with Crippen LogP contribution < -0.4 is 10.1 Å². The van der Waals surface area contributed by atoms with E-state index in [-0.39, 0.29) is 11.8 Å². The zero-order chi connectivity index (χ0) is 24.6. The van der Waals surface area contributed by atoms with Crippen molar-refractivity contribution >= 4 is 34.2 Å². The maximum Gasteiger partial charge on any atom is 0.249 e. The molecule has 1 aliphatic rings. The third-order valence-electron chi connectivity index (χ3n) is 5.86. The molecule has 178 valence electrons. The van der Waals surface area contributed by atoms with Gasteiger partial charge in [-0.3, -0.25) is 9.59 Å². The number of carbonyl (C=O) groups excluding carboxylic acids is 2. The number of fused-ring (bicyclic) bond motifs is 1. The molecule has 0 saturated heterocycles. The number of rotatable bonds is 8. The summed E-state index contributed by atoms with van der Waals surface area (Å²) in [5.74, 6) is 0.496. The van der Waals surface area contributed by atoms with Crippen molar-refractivity contribution in [3.05, 3.63) is 87.8 Å². The van der Waals surface area contributed by atoms with Crippen LogP contribution in [-0.4, -0.2) is 29.9 Å². The fourth-order valence-electron chi connectivity index (χ4n) is 4.10. The molecule has 3 aromatic rings. The molecule has 0 aliphatic carbocycles. The molecule has 0 spiro atoms. The fraction of sp³-hybridized carbons (Fsp3) is 0.250. The molecule has 1 aliphatic heterocycles. The quantitative estimate of drug-likeness (QED) is 0.445. The number of carbonyl (C=O) groups is 2. The van der Waals surface area contributed by atoms with E-state index >= 15 is 0 Å². The Morgan fingerprint density at radius 3 is 2.71 bits per heavy atom. The molecule has 2 heterocycles. The Morgan fingerprint density at radius 2 is 1.94 bits per heavy atom. The Bertz CT molecular complexity index is 1270. The molecule has 35 heavy (non-hydrogen) atoms. The first kappa shape index (κ1) is 24.2. The predicted octanol–water partition coefficient (Wildman–Crippen LogP) is 5.19. The number of amides is 2. The highest BCUT2D eigenvalue weighted by Crippen LogP contribution is 2.37. The van der Waals surface area contributed by atoms with Crippen molar-refractivity contribution in [3.63, 3.8) is 0 Å². The van der Waals surface area contributed by atoms with Crippen molar-refractivity contribution in [1.29, 1.82) is 5.26 Å². The van der Waals surface area contributed by atoms with Crippen LogP contribution in [0.3, 0.4) is 0 Å². The summed E-state index contributed by atoms with van der Waals surface area (Å²) in [7, 11) is 0. The first-order valence-corrected chi connectivity index (χ1v) is 12.5. The Morgan fingerprint density at radius 1 is 1.17 bits per heavy atom. The SMILES string of the molecule is CCOc1ccccc1C=CC(=O)Nc1sc2c(c1C#N)CCN(C(=O)CCc1ccccc1)C2. The molecular formula is C28H27N3O3S. The smallest absolute Gasteiger partial charge is 0.249 e. The minimum Gasteiger partial charge on any atom is -0.493 e. The molecule has 6 nitrogen and oxygen atoms in total. The first-order chi connectivity index (χ1) is 17.1. The normalized spacial score (nSPS) is 12.7. The second-order valence-corrected chi connectivity index (χ2v) is 9.27. The lowest BCUT2D eigenvalue weighted by Crippen LogP contribution is -2.35. The fourth-order valence-corrected chi connectivity index (χ4v) is 5.32. The van der Waals surface area contributed by atoms with Gasteiger partial charge in [-0.1, -0.05) is 48.5 Å². The molecule has 0 bridgehead atoms. The molecule has 2 amide bonds. The van der Waals surface area contributed by atoms with Gasteiger partial charge in [-0.15, -0.1) is 11.3 Å². The highest BCUT2D eigenvalue weighted by molar-refractivity contribution is 7.16. The van der Waals surface area contributed by atoms with Gasteiger partial charge in [0.25, 0.3) is 0 Å². The maximum absolute atomic E-state index is 12.8. The molecule has 2 aromatic carbocycles. The lowest BCUT2D eigenvalue weighted by atomic mass is 10.0. The number of ether oxygens (including phenoxy) is 1. The van der Waals surface area contributed by atoms with Crippen molar-refractivity contribution < 1.29 is 14.3 Å². The van der Waals surface area contributed by atoms with Gasteiger partial charge in [0.15, 0.2) is 0 Å². The van der Waals surface area contributed by atoms with Gasteiger partial charge in [0.2, 0.25) is 11.8 Å². The van der Waals surface area contributed by atoms with Crippen LogP contribution in [0, 0.1) is 11.3 Å². The van der Waals surface area contributed by atoms with Gasteiger partial charge in [0.05, 0.1) is 18.7 Å². The van der Waals surface area contributed by atoms with E-state index in [2.05, 4.69) is 11.4 Å². The number of thiophene rings is 1. The molecule has 4 rings (SSSR count). The molecule has 0 saturated carbocycles. The predicted molar refractivity (Wildman–Crippen MR) is 138 cm³/mol. The zero-order valence-electron chi connectivity index (χ0n) is 19.6. The first-order valence-electron chi connectivity index (χ1n) is 11.7. The second kappa shape index (κ2) is 11.5. The van der Waals surface area contributed by atoms with Crippen LogP contribution in [0.1, 0.15) is 40.5 Å². The molecule has 0 radical (unpaired) electrons. The van der Waals surface area contributed by atoms with Crippen LogP contribution in [-0.2, 0) is 29.0 Å². The highest BCUT2D eigenvalue weighted by atomic mass is 32.1. The topological polar surface area (TPSA) is 82.4 Å². The summed E-state index contributed by atoms with van der Waals surface area (Å²) in [6, 6.07) is 19.7. The third-order valence-corrected chi connectivity index (χ3v) is 6.99. The average Bonchev–Trinajstić information content (AvgIpc) is 3.23. The number of nitrogens with one attached hydrogen (secondary N) is 1. The van der Waals surface area contributed by atoms with Gasteiger partial charge in [-0.2, -0.15) is 5.26 Å². The van der Waals surface area contributed by atoms with Gasteiger partial charge in [-0.25, -0.2) is 0 Å². The maximum atomic E-state index is 12.8. The summed E-state index contributed by atoms with van der Waals surface area (Å²) >= 11 is 1.38. The standard InChI is InChI=1S/C28H27N3O3S/c1-2-34-24-11-7-6-10-21(24)13-14-26(32)30-28-23(18-29)22-16-17-31(19-25(22)35-28)27(33)15-12-20-8-4-3-5-9-20/h3-11,13-14H,2,12,15-17,19H2,1H3,(H,30,32). The number of nitriles is 1. The van der Waals surface area contributed by atoms with E-state index in [0.29, 0.717) is 55.3 Å². The number of aryl methyl sites for hydroxylation is 1. The molecule has 1 aromatic heterocycles. The average molecular weight is 486 g/mol. The summed E-state index contributed by atoms with van der Waals surface area (Å²) in [6.45, 7) is 3.49. The Hall–Kier alpha value is -3.89. The molecule has 7 heteroatoms. The summed E-state index contributed by atoms with van der Waals surface area (Å²) < 4.78 is 5.59. The Kier molecular flexibility index (Phi) is 7.96. The lowest BCUT2D eigenvalue weighted by Gasteiger charge is -2.27. The number of benzene rings is 2. The summed E-state index contributed by atoms with van der Waals surface area (Å²) in [6.07, 6.45) is 4.91. The van der Waals surface area contributed by atoms with Crippen LogP contribution in [0.25, 0.3) is 6.08 Å². The zero-order valence-corrected chi connectivity index (χ0v) is 20.4. The van der Waals surface area contributed by atoms with Crippen LogP contribution in [0.4, 0.5) is 5.00 Å². The Balaban J connectivity index is 1.41. The van der Waals surface area contributed by atoms with E-state index in [4.69, 9.17) is 4.74 Å². The number of nitrogens with zero attached hydrogens (tertiary/aromatic N) is 2. The largest absolute Gasteiger partial charge is 0.493 e. The van der Waals surface area contributed by atoms with E-state index in [9.17, 15) is 14.9 Å². The summed E-state index contributed by atoms with van der Waals surface area (Å²) in [5.41, 5.74) is 3.38. The van der Waals surface area contributed by atoms with Crippen molar-refractivity contribution in [2.24, 2.45) is 0 Å². The molecular weight excluding hydrogens is 458 g/mol. The van der Waals surface area contributed by atoms with Gasteiger partial charge in [0, 0.05) is 29.5 Å². The lowest BCUT2D eigenvalue weighted by molar-refractivity contribution is -0.132. The van der Waals surface area contributed by atoms with Gasteiger partial charge >= 0.3 is 0 Å². The van der Waals surface area contributed by atoms with Crippen LogP contribution in [0.2, 0.25) is 0 Å². The summed E-state index contributed by atoms with van der Waals surface area (Å²) in [4.78, 5) is 28.2. The molecule has 0 atom stereocenters. The molecule has 0 unspecified atom stereocenters. The van der Waals surface area contributed by atoms with Crippen molar-refractivity contribution in [3.8, 4) is 11.8 Å². The van der Waals surface area contributed by atoms with Crippen LogP contribution in [0.5, 0.6) is 5.75 Å². The van der Waals surface area contributed by atoms with E-state index in [0.717, 1.165) is 21.6 Å². The third kappa shape index (κ3) is 5.97. The minimum atomic E-state index is -0.317. The number of anilines is 1. The summed E-state index contributed by atoms with van der Waals surface area (Å²) in [5, 5.41) is 13.1. The second-order valence-electron chi connectivity index (χ2n) is 8.16. The van der Waals surface area contributed by atoms with E-state index in [1.807, 2.05) is 66.4 Å². The van der Waals surface area contributed by atoms with Gasteiger partial charge < -0.3 is 15.0 Å². The molecule has 0 fully saturated rings. The Labute approximate surface area is 209 Å². The van der Waals surface area contributed by atoms with Gasteiger partial charge in [0.1, 0.15) is 16.8 Å². The number of hydrogen-bond donors (Lipinski definition) is 1. The van der Waals surface area contributed by atoms with Gasteiger partial charge in [-0.05, 0) is 43.0 Å². The van der Waals surface area contributed by atoms with E-state index in [1.54, 1.807) is 6.08 Å². The highest BCUT2D eigenvalue weighted by Gasteiger charge is 2.27. The van der Waals surface area contributed by atoms with Crippen molar-refractivity contribution in [2.45, 2.75) is 32.7 Å². The van der Waals surface area contributed by atoms with Crippen molar-refractivity contribution in [1.82, 2.24) is 4.90 Å². The van der Waals surface area contributed by atoms with Crippen molar-refractivity contribution in [2.75, 3.05) is 18.5 Å². The van der Waals surface area contributed by atoms with Crippen LogP contribution >= 0.6 is 11.3 Å². The van der Waals surface area contributed by atoms with Crippen LogP contribution in [0.15, 0.2) is 60.7 Å². The monoisotopic (exact) mass is 485 g/mol. The number of para-hydroxylation sites is 1.